The minimum atomic E-state index is -0.501. The lowest BCUT2D eigenvalue weighted by Crippen LogP contribution is -2.19. The molecule has 24 heavy (non-hydrogen) atoms. The van der Waals surface area contributed by atoms with Crippen LogP contribution in [0.25, 0.3) is 0 Å². The molecule has 0 aliphatic carbocycles. The van der Waals surface area contributed by atoms with Crippen molar-refractivity contribution in [2.45, 2.75) is 20.1 Å². The molecule has 10 heteroatoms. The molecule has 0 aromatic carbocycles. The summed E-state index contributed by atoms with van der Waals surface area (Å²) in [6.07, 6.45) is 7.65. The largest absolute Gasteiger partial charge is 0.291 e. The smallest absolute Gasteiger partial charge is 0.265 e. The maximum Gasteiger partial charge on any atom is 0.291 e. The fourth-order valence-electron chi connectivity index (χ4n) is 2.00. The average molecular weight is 330 g/mol. The van der Waals surface area contributed by atoms with Crippen LogP contribution in [0.4, 0.5) is 4.39 Å². The number of amides is 1. The SMILES string of the molecule is CCn1ncc(C=NNC(=O)c2ccn(Cn3cccn3)n2)c1F. The molecular weight excluding hydrogens is 315 g/mol. The van der Waals surface area contributed by atoms with E-state index in [0.717, 1.165) is 0 Å². The minimum absolute atomic E-state index is 0.196. The Hall–Kier alpha value is -3.30. The third-order valence-corrected chi connectivity index (χ3v) is 3.19. The van der Waals surface area contributed by atoms with Crippen LogP contribution in [0.3, 0.4) is 0 Å². The Morgan fingerprint density at radius 1 is 1.38 bits per heavy atom. The van der Waals surface area contributed by atoms with Crippen molar-refractivity contribution in [1.29, 1.82) is 0 Å². The van der Waals surface area contributed by atoms with Crippen LogP contribution in [0.5, 0.6) is 0 Å². The van der Waals surface area contributed by atoms with Gasteiger partial charge in [0, 0.05) is 25.1 Å². The van der Waals surface area contributed by atoms with Gasteiger partial charge >= 0.3 is 0 Å². The second kappa shape index (κ2) is 6.86. The van der Waals surface area contributed by atoms with E-state index in [1.54, 1.807) is 47.0 Å². The number of aromatic nitrogens is 6. The summed E-state index contributed by atoms with van der Waals surface area (Å²) < 4.78 is 18.2. The highest BCUT2D eigenvalue weighted by Gasteiger charge is 2.10. The molecule has 3 rings (SSSR count). The van der Waals surface area contributed by atoms with Gasteiger partial charge < -0.3 is 0 Å². The van der Waals surface area contributed by atoms with Crippen molar-refractivity contribution in [1.82, 2.24) is 34.8 Å². The highest BCUT2D eigenvalue weighted by molar-refractivity contribution is 5.92. The monoisotopic (exact) mass is 330 g/mol. The van der Waals surface area contributed by atoms with Crippen molar-refractivity contribution in [2.75, 3.05) is 0 Å². The number of carbonyl (C=O) groups is 1. The van der Waals surface area contributed by atoms with Gasteiger partial charge in [-0.05, 0) is 19.1 Å². The molecule has 0 fully saturated rings. The molecule has 0 spiro atoms. The zero-order valence-corrected chi connectivity index (χ0v) is 12.9. The average Bonchev–Trinajstić information content (AvgIpc) is 3.31. The van der Waals surface area contributed by atoms with Crippen LogP contribution in [-0.2, 0) is 13.2 Å². The number of hydrogen-bond donors (Lipinski definition) is 1. The highest BCUT2D eigenvalue weighted by Crippen LogP contribution is 2.03. The Balaban J connectivity index is 1.59. The van der Waals surface area contributed by atoms with E-state index in [0.29, 0.717) is 13.2 Å². The number of aryl methyl sites for hydroxylation is 1. The quantitative estimate of drug-likeness (QED) is 0.532. The van der Waals surface area contributed by atoms with Crippen molar-refractivity contribution in [3.8, 4) is 0 Å². The van der Waals surface area contributed by atoms with E-state index in [-0.39, 0.29) is 11.3 Å². The summed E-state index contributed by atoms with van der Waals surface area (Å²) >= 11 is 0. The maximum atomic E-state index is 13.7. The van der Waals surface area contributed by atoms with Gasteiger partial charge in [-0.2, -0.15) is 24.8 Å². The Morgan fingerprint density at radius 3 is 2.96 bits per heavy atom. The summed E-state index contributed by atoms with van der Waals surface area (Å²) in [6, 6.07) is 3.36. The number of nitrogens with one attached hydrogen (secondary N) is 1. The molecule has 124 valence electrons. The van der Waals surface area contributed by atoms with E-state index >= 15 is 0 Å². The van der Waals surface area contributed by atoms with Gasteiger partial charge in [0.15, 0.2) is 5.69 Å². The molecule has 0 aliphatic rings. The fourth-order valence-corrected chi connectivity index (χ4v) is 2.00. The lowest BCUT2D eigenvalue weighted by Gasteiger charge is -2.00. The summed E-state index contributed by atoms with van der Waals surface area (Å²) in [4.78, 5) is 12.0. The van der Waals surface area contributed by atoms with E-state index in [9.17, 15) is 9.18 Å². The summed E-state index contributed by atoms with van der Waals surface area (Å²) in [5.41, 5.74) is 2.70. The standard InChI is InChI=1S/C14H15FN8O/c1-2-23-13(15)11(9-18-23)8-16-19-14(24)12-4-7-22(20-12)10-21-6-3-5-17-21/h3-9H,2,10H2,1H3,(H,19,24). The van der Waals surface area contributed by atoms with E-state index < -0.39 is 11.9 Å². The first-order valence-electron chi connectivity index (χ1n) is 7.23. The summed E-state index contributed by atoms with van der Waals surface area (Å²) in [5, 5.41) is 15.7. The lowest BCUT2D eigenvalue weighted by atomic mass is 10.4. The predicted octanol–water partition coefficient (Wildman–Crippen LogP) is 0.705. The van der Waals surface area contributed by atoms with Gasteiger partial charge in [0.25, 0.3) is 5.91 Å². The topological polar surface area (TPSA) is 94.9 Å². The summed E-state index contributed by atoms with van der Waals surface area (Å²) in [5.74, 6) is -0.993. The van der Waals surface area contributed by atoms with E-state index in [1.165, 1.54) is 17.1 Å². The molecule has 0 atom stereocenters. The van der Waals surface area contributed by atoms with E-state index in [1.807, 2.05) is 0 Å². The van der Waals surface area contributed by atoms with Gasteiger partial charge in [-0.15, -0.1) is 0 Å². The molecule has 3 heterocycles. The molecule has 0 radical (unpaired) electrons. The fraction of sp³-hybridized carbons (Fsp3) is 0.214. The zero-order valence-electron chi connectivity index (χ0n) is 12.9. The summed E-state index contributed by atoms with van der Waals surface area (Å²) in [6.45, 7) is 2.59. The minimum Gasteiger partial charge on any atom is -0.265 e. The molecular formula is C14H15FN8O. The third kappa shape index (κ3) is 3.37. The van der Waals surface area contributed by atoms with Crippen LogP contribution in [0.2, 0.25) is 0 Å². The van der Waals surface area contributed by atoms with Gasteiger partial charge in [0.05, 0.1) is 18.0 Å². The second-order valence-electron chi connectivity index (χ2n) is 4.83. The number of rotatable bonds is 6. The van der Waals surface area contributed by atoms with E-state index in [2.05, 4.69) is 25.8 Å². The highest BCUT2D eigenvalue weighted by atomic mass is 19.1. The molecule has 1 N–H and O–H groups in total. The lowest BCUT2D eigenvalue weighted by molar-refractivity contribution is 0.0949. The number of halogens is 1. The molecule has 0 aliphatic heterocycles. The first kappa shape index (κ1) is 15.6. The van der Waals surface area contributed by atoms with Crippen LogP contribution in [-0.4, -0.2) is 41.5 Å². The first-order valence-corrected chi connectivity index (χ1v) is 7.23. The molecule has 0 unspecified atom stereocenters. The number of carbonyl (C=O) groups excluding carboxylic acids is 1. The first-order chi connectivity index (χ1) is 11.7. The van der Waals surface area contributed by atoms with Gasteiger partial charge in [-0.3, -0.25) is 14.2 Å². The molecule has 0 saturated heterocycles. The Labute approximate surface area is 136 Å². The van der Waals surface area contributed by atoms with Crippen molar-refractivity contribution >= 4 is 12.1 Å². The molecule has 3 aromatic heterocycles. The van der Waals surface area contributed by atoms with Crippen molar-refractivity contribution in [3.05, 3.63) is 54.1 Å². The van der Waals surface area contributed by atoms with Gasteiger partial charge in [0.1, 0.15) is 6.67 Å². The maximum absolute atomic E-state index is 13.7. The van der Waals surface area contributed by atoms with Gasteiger partial charge in [-0.1, -0.05) is 0 Å². The predicted molar refractivity (Wildman–Crippen MR) is 82.8 cm³/mol. The second-order valence-corrected chi connectivity index (χ2v) is 4.83. The Bertz CT molecular complexity index is 848. The van der Waals surface area contributed by atoms with Crippen LogP contribution >= 0.6 is 0 Å². The summed E-state index contributed by atoms with van der Waals surface area (Å²) in [7, 11) is 0. The Morgan fingerprint density at radius 2 is 2.25 bits per heavy atom. The van der Waals surface area contributed by atoms with Crippen LogP contribution in [0, 0.1) is 5.95 Å². The zero-order chi connectivity index (χ0) is 16.9. The van der Waals surface area contributed by atoms with Gasteiger partial charge in [0.2, 0.25) is 5.95 Å². The van der Waals surface area contributed by atoms with Crippen LogP contribution in [0.15, 0.2) is 42.0 Å². The van der Waals surface area contributed by atoms with Crippen molar-refractivity contribution in [2.24, 2.45) is 5.10 Å². The van der Waals surface area contributed by atoms with Gasteiger partial charge in [-0.25, -0.2) is 10.1 Å². The molecule has 3 aromatic rings. The van der Waals surface area contributed by atoms with E-state index in [4.69, 9.17) is 0 Å². The molecule has 1 amide bonds. The normalized spacial score (nSPS) is 11.2. The molecule has 0 saturated carbocycles. The third-order valence-electron chi connectivity index (χ3n) is 3.19. The molecule has 9 nitrogen and oxygen atoms in total. The Kier molecular flexibility index (Phi) is 4.45. The van der Waals surface area contributed by atoms with Crippen molar-refractivity contribution < 1.29 is 9.18 Å². The van der Waals surface area contributed by atoms with Crippen LogP contribution < -0.4 is 5.43 Å². The number of hydrogen-bond acceptors (Lipinski definition) is 5. The van der Waals surface area contributed by atoms with Crippen molar-refractivity contribution in [3.63, 3.8) is 0 Å². The van der Waals surface area contributed by atoms with Crippen LogP contribution in [0.1, 0.15) is 23.0 Å². The number of hydrazone groups is 1. The molecule has 0 bridgehead atoms. The number of nitrogens with zero attached hydrogens (tertiary/aromatic N) is 7.